The summed E-state index contributed by atoms with van der Waals surface area (Å²) in [6, 6.07) is 8.29. The highest BCUT2D eigenvalue weighted by Gasteiger charge is 2.30. The summed E-state index contributed by atoms with van der Waals surface area (Å²) in [5, 5.41) is 3.29. The Morgan fingerprint density at radius 1 is 1.37 bits per heavy atom. The molecule has 1 atom stereocenters. The molecule has 1 heterocycles. The molecule has 0 aromatic heterocycles. The molecule has 0 fully saturated rings. The zero-order valence-electron chi connectivity index (χ0n) is 12.1. The van der Waals surface area contributed by atoms with Gasteiger partial charge in [-0.05, 0) is 45.9 Å². The molecule has 4 nitrogen and oxygen atoms in total. The zero-order chi connectivity index (χ0) is 14.0. The lowest BCUT2D eigenvalue weighted by molar-refractivity contribution is 0.0576. The standard InChI is InChI=1S/C15H22N2O2/c1-15(2,3)19-14(18)17-10-9-12(16-4)11-7-5-6-8-13(11)17/h5-8,12,16H,9-10H2,1-4H3/t12-/m1/s1. The third-order valence-corrected chi connectivity index (χ3v) is 3.21. The van der Waals surface area contributed by atoms with Crippen LogP contribution in [0.5, 0.6) is 0 Å². The van der Waals surface area contributed by atoms with Crippen molar-refractivity contribution in [1.29, 1.82) is 0 Å². The van der Waals surface area contributed by atoms with Gasteiger partial charge in [0.05, 0.1) is 5.69 Å². The number of carbonyl (C=O) groups excluding carboxylic acids is 1. The molecule has 0 aliphatic carbocycles. The fraction of sp³-hybridized carbons (Fsp3) is 0.533. The lowest BCUT2D eigenvalue weighted by atomic mass is 9.97. The van der Waals surface area contributed by atoms with Crippen LogP contribution in [-0.4, -0.2) is 25.3 Å². The van der Waals surface area contributed by atoms with Crippen molar-refractivity contribution in [2.75, 3.05) is 18.5 Å². The van der Waals surface area contributed by atoms with Gasteiger partial charge in [-0.25, -0.2) is 4.79 Å². The van der Waals surface area contributed by atoms with Crippen LogP contribution in [0.15, 0.2) is 24.3 Å². The third-order valence-electron chi connectivity index (χ3n) is 3.21. The van der Waals surface area contributed by atoms with Gasteiger partial charge in [-0.3, -0.25) is 4.90 Å². The fourth-order valence-corrected chi connectivity index (χ4v) is 2.37. The molecule has 1 aliphatic heterocycles. The maximum absolute atomic E-state index is 12.3. The third kappa shape index (κ3) is 3.07. The number of benzene rings is 1. The van der Waals surface area contributed by atoms with Crippen molar-refractivity contribution < 1.29 is 9.53 Å². The highest BCUT2D eigenvalue weighted by Crippen LogP contribution is 2.34. The molecular formula is C15H22N2O2. The normalized spacial score (nSPS) is 18.9. The predicted molar refractivity (Wildman–Crippen MR) is 76.4 cm³/mol. The van der Waals surface area contributed by atoms with Gasteiger partial charge in [-0.1, -0.05) is 18.2 Å². The molecule has 1 aromatic rings. The number of rotatable bonds is 1. The van der Waals surface area contributed by atoms with Gasteiger partial charge in [0.1, 0.15) is 5.60 Å². The van der Waals surface area contributed by atoms with E-state index in [0.717, 1.165) is 17.7 Å². The minimum Gasteiger partial charge on any atom is -0.443 e. The smallest absolute Gasteiger partial charge is 0.414 e. The number of nitrogens with zero attached hydrogens (tertiary/aromatic N) is 1. The van der Waals surface area contributed by atoms with E-state index < -0.39 is 5.60 Å². The summed E-state index contributed by atoms with van der Waals surface area (Å²) >= 11 is 0. The molecule has 1 aromatic carbocycles. The van der Waals surface area contributed by atoms with Gasteiger partial charge in [0.25, 0.3) is 0 Å². The van der Waals surface area contributed by atoms with E-state index in [1.54, 1.807) is 4.90 Å². The number of ether oxygens (including phenoxy) is 1. The van der Waals surface area contributed by atoms with Gasteiger partial charge < -0.3 is 10.1 Å². The average molecular weight is 262 g/mol. The Balaban J connectivity index is 2.27. The van der Waals surface area contributed by atoms with Gasteiger partial charge in [0, 0.05) is 12.6 Å². The van der Waals surface area contributed by atoms with Crippen molar-refractivity contribution in [2.45, 2.75) is 38.8 Å². The van der Waals surface area contributed by atoms with E-state index in [4.69, 9.17) is 4.74 Å². The van der Waals surface area contributed by atoms with Crippen LogP contribution in [0, 0.1) is 0 Å². The van der Waals surface area contributed by atoms with Crippen LogP contribution in [-0.2, 0) is 4.74 Å². The Labute approximate surface area is 114 Å². The van der Waals surface area contributed by atoms with E-state index in [-0.39, 0.29) is 6.09 Å². The quantitative estimate of drug-likeness (QED) is 0.845. The first kappa shape index (κ1) is 13.9. The summed E-state index contributed by atoms with van der Waals surface area (Å²) in [4.78, 5) is 14.0. The molecule has 0 saturated carbocycles. The second kappa shape index (κ2) is 5.21. The minimum absolute atomic E-state index is 0.269. The summed E-state index contributed by atoms with van der Waals surface area (Å²) in [6.45, 7) is 6.34. The Hall–Kier alpha value is -1.55. The number of amides is 1. The number of fused-ring (bicyclic) bond motifs is 1. The van der Waals surface area contributed by atoms with E-state index in [9.17, 15) is 4.79 Å². The predicted octanol–water partition coefficient (Wildman–Crippen LogP) is 3.09. The van der Waals surface area contributed by atoms with Crippen LogP contribution in [0.1, 0.15) is 38.8 Å². The number of carbonyl (C=O) groups is 1. The van der Waals surface area contributed by atoms with E-state index >= 15 is 0 Å². The van der Waals surface area contributed by atoms with Crippen molar-refractivity contribution >= 4 is 11.8 Å². The lowest BCUT2D eigenvalue weighted by Gasteiger charge is -2.35. The Morgan fingerprint density at radius 2 is 2.05 bits per heavy atom. The second-order valence-corrected chi connectivity index (χ2v) is 5.82. The second-order valence-electron chi connectivity index (χ2n) is 5.82. The monoisotopic (exact) mass is 262 g/mol. The summed E-state index contributed by atoms with van der Waals surface area (Å²) in [5.74, 6) is 0. The Bertz CT molecular complexity index is 465. The molecule has 104 valence electrons. The van der Waals surface area contributed by atoms with E-state index in [1.807, 2.05) is 46.0 Å². The number of hydrogen-bond donors (Lipinski definition) is 1. The summed E-state index contributed by atoms with van der Waals surface area (Å²) in [5.41, 5.74) is 1.63. The van der Waals surface area contributed by atoms with Gasteiger partial charge in [0.2, 0.25) is 0 Å². The SMILES string of the molecule is CN[C@@H]1CCN(C(=O)OC(C)(C)C)c2ccccc21. The maximum Gasteiger partial charge on any atom is 0.414 e. The minimum atomic E-state index is -0.466. The van der Waals surface area contributed by atoms with E-state index in [1.165, 1.54) is 0 Å². The molecule has 1 amide bonds. The molecule has 19 heavy (non-hydrogen) atoms. The van der Waals surface area contributed by atoms with E-state index in [2.05, 4.69) is 11.4 Å². The van der Waals surface area contributed by atoms with Crippen molar-refractivity contribution in [2.24, 2.45) is 0 Å². The molecule has 0 saturated heterocycles. The maximum atomic E-state index is 12.3. The summed E-state index contributed by atoms with van der Waals surface area (Å²) in [7, 11) is 1.95. The Morgan fingerprint density at radius 3 is 2.68 bits per heavy atom. The molecule has 0 bridgehead atoms. The van der Waals surface area contributed by atoms with Gasteiger partial charge >= 0.3 is 6.09 Å². The molecule has 4 heteroatoms. The van der Waals surface area contributed by atoms with Crippen molar-refractivity contribution in [3.05, 3.63) is 29.8 Å². The fourth-order valence-electron chi connectivity index (χ4n) is 2.37. The van der Waals surface area contributed by atoms with Gasteiger partial charge in [-0.2, -0.15) is 0 Å². The molecule has 0 radical (unpaired) electrons. The zero-order valence-corrected chi connectivity index (χ0v) is 12.1. The number of para-hydroxylation sites is 1. The van der Waals surface area contributed by atoms with Crippen molar-refractivity contribution in [1.82, 2.24) is 5.32 Å². The largest absolute Gasteiger partial charge is 0.443 e. The first-order valence-electron chi connectivity index (χ1n) is 6.69. The molecule has 0 spiro atoms. The molecule has 1 aliphatic rings. The van der Waals surface area contributed by atoms with E-state index in [0.29, 0.717) is 12.6 Å². The Kier molecular flexibility index (Phi) is 3.80. The van der Waals surface area contributed by atoms with Crippen LogP contribution < -0.4 is 10.2 Å². The van der Waals surface area contributed by atoms with Crippen LogP contribution in [0.25, 0.3) is 0 Å². The molecule has 0 unspecified atom stereocenters. The first-order chi connectivity index (χ1) is 8.92. The van der Waals surface area contributed by atoms with Gasteiger partial charge in [0.15, 0.2) is 0 Å². The molecule has 2 rings (SSSR count). The molecular weight excluding hydrogens is 240 g/mol. The summed E-state index contributed by atoms with van der Waals surface area (Å²) < 4.78 is 5.47. The number of hydrogen-bond acceptors (Lipinski definition) is 3. The topological polar surface area (TPSA) is 41.6 Å². The molecule has 1 N–H and O–H groups in total. The lowest BCUT2D eigenvalue weighted by Crippen LogP contribution is -2.42. The van der Waals surface area contributed by atoms with Crippen LogP contribution in [0.3, 0.4) is 0 Å². The summed E-state index contributed by atoms with van der Waals surface area (Å²) in [6.07, 6.45) is 0.627. The van der Waals surface area contributed by atoms with Crippen molar-refractivity contribution in [3.8, 4) is 0 Å². The van der Waals surface area contributed by atoms with Crippen LogP contribution in [0.4, 0.5) is 10.5 Å². The number of anilines is 1. The van der Waals surface area contributed by atoms with Crippen molar-refractivity contribution in [3.63, 3.8) is 0 Å². The van der Waals surface area contributed by atoms with Crippen LogP contribution in [0.2, 0.25) is 0 Å². The van der Waals surface area contributed by atoms with Gasteiger partial charge in [-0.15, -0.1) is 0 Å². The highest BCUT2D eigenvalue weighted by atomic mass is 16.6. The average Bonchev–Trinajstić information content (AvgIpc) is 2.35. The van der Waals surface area contributed by atoms with Crippen LogP contribution >= 0.6 is 0 Å². The first-order valence-corrected chi connectivity index (χ1v) is 6.69. The highest BCUT2D eigenvalue weighted by molar-refractivity contribution is 5.89. The number of nitrogens with one attached hydrogen (secondary N) is 1.